The zero-order valence-corrected chi connectivity index (χ0v) is 11.3. The van der Waals surface area contributed by atoms with Crippen LogP contribution in [0.5, 0.6) is 5.75 Å². The average Bonchev–Trinajstić information content (AvgIpc) is 2.79. The average molecular weight is 310 g/mol. The smallest absolute Gasteiger partial charge is 0.260 e. The molecule has 5 nitrogen and oxygen atoms in total. The summed E-state index contributed by atoms with van der Waals surface area (Å²) in [6, 6.07) is 4.69. The van der Waals surface area contributed by atoms with Gasteiger partial charge in [0.05, 0.1) is 11.8 Å². The first-order chi connectivity index (χ1) is 8.61. The molecule has 1 aromatic carbocycles. The number of halogens is 1. The highest BCUT2D eigenvalue weighted by atomic mass is 79.9. The number of phenols is 1. The maximum Gasteiger partial charge on any atom is 0.260 e. The fourth-order valence-electron chi connectivity index (χ4n) is 1.56. The molecule has 1 heterocycles. The van der Waals surface area contributed by atoms with Crippen LogP contribution in [0.15, 0.2) is 28.9 Å². The molecular formula is C12H12BrN3O2. The molecule has 0 aliphatic carbocycles. The van der Waals surface area contributed by atoms with Crippen LogP contribution in [0.2, 0.25) is 0 Å². The SMILES string of the molecule is CCc1cn[nH]c1NC(=O)c1cc(Br)ccc1O. The number of aromatic nitrogens is 2. The van der Waals surface area contributed by atoms with E-state index >= 15 is 0 Å². The van der Waals surface area contributed by atoms with Gasteiger partial charge in [-0.05, 0) is 24.6 Å². The van der Waals surface area contributed by atoms with Gasteiger partial charge in [0, 0.05) is 10.0 Å². The molecule has 2 rings (SSSR count). The van der Waals surface area contributed by atoms with Crippen LogP contribution in [0.4, 0.5) is 5.82 Å². The number of aryl methyl sites for hydroxylation is 1. The summed E-state index contributed by atoms with van der Waals surface area (Å²) >= 11 is 3.26. The topological polar surface area (TPSA) is 78.0 Å². The summed E-state index contributed by atoms with van der Waals surface area (Å²) in [6.07, 6.45) is 2.42. The fourth-order valence-corrected chi connectivity index (χ4v) is 1.92. The van der Waals surface area contributed by atoms with Crippen molar-refractivity contribution in [1.82, 2.24) is 10.2 Å². The molecule has 0 aliphatic heterocycles. The van der Waals surface area contributed by atoms with E-state index in [2.05, 4.69) is 31.4 Å². The van der Waals surface area contributed by atoms with Gasteiger partial charge in [0.15, 0.2) is 0 Å². The Morgan fingerprint density at radius 2 is 2.33 bits per heavy atom. The van der Waals surface area contributed by atoms with Crippen LogP contribution in [0.25, 0.3) is 0 Å². The number of nitrogens with one attached hydrogen (secondary N) is 2. The van der Waals surface area contributed by atoms with E-state index in [1.807, 2.05) is 6.92 Å². The van der Waals surface area contributed by atoms with Crippen molar-refractivity contribution in [2.24, 2.45) is 0 Å². The number of benzene rings is 1. The molecule has 0 bridgehead atoms. The molecule has 6 heteroatoms. The Morgan fingerprint density at radius 1 is 1.56 bits per heavy atom. The number of amides is 1. The number of aromatic hydroxyl groups is 1. The Kier molecular flexibility index (Phi) is 3.66. The van der Waals surface area contributed by atoms with Crippen LogP contribution in [-0.4, -0.2) is 21.2 Å². The van der Waals surface area contributed by atoms with Gasteiger partial charge >= 0.3 is 0 Å². The minimum absolute atomic E-state index is 0.0618. The molecule has 0 saturated heterocycles. The number of H-pyrrole nitrogens is 1. The third-order valence-corrected chi connectivity index (χ3v) is 3.03. The first kappa shape index (κ1) is 12.6. The summed E-state index contributed by atoms with van der Waals surface area (Å²) in [7, 11) is 0. The van der Waals surface area contributed by atoms with E-state index in [9.17, 15) is 9.90 Å². The molecule has 18 heavy (non-hydrogen) atoms. The highest BCUT2D eigenvalue weighted by Crippen LogP contribution is 2.23. The third-order valence-electron chi connectivity index (χ3n) is 2.54. The van der Waals surface area contributed by atoms with E-state index in [0.29, 0.717) is 5.82 Å². The molecule has 0 radical (unpaired) electrons. The Labute approximate surface area is 112 Å². The predicted molar refractivity (Wildman–Crippen MR) is 71.7 cm³/mol. The molecule has 0 atom stereocenters. The Morgan fingerprint density at radius 3 is 3.06 bits per heavy atom. The first-order valence-electron chi connectivity index (χ1n) is 5.44. The summed E-state index contributed by atoms with van der Waals surface area (Å²) in [5.74, 6) is 0.114. The van der Waals surface area contributed by atoms with Crippen molar-refractivity contribution in [2.75, 3.05) is 5.32 Å². The fraction of sp³-hybridized carbons (Fsp3) is 0.167. The highest BCUT2D eigenvalue weighted by molar-refractivity contribution is 9.10. The lowest BCUT2D eigenvalue weighted by Crippen LogP contribution is -2.13. The van der Waals surface area contributed by atoms with Crippen molar-refractivity contribution in [3.05, 3.63) is 40.0 Å². The van der Waals surface area contributed by atoms with Gasteiger partial charge in [0.1, 0.15) is 11.6 Å². The van der Waals surface area contributed by atoms with Crippen LogP contribution in [0.3, 0.4) is 0 Å². The largest absolute Gasteiger partial charge is 0.507 e. The van der Waals surface area contributed by atoms with E-state index in [4.69, 9.17) is 0 Å². The number of anilines is 1. The van der Waals surface area contributed by atoms with Crippen molar-refractivity contribution >= 4 is 27.7 Å². The lowest BCUT2D eigenvalue weighted by atomic mass is 10.2. The molecule has 0 spiro atoms. The van der Waals surface area contributed by atoms with Crippen molar-refractivity contribution in [1.29, 1.82) is 0 Å². The second kappa shape index (κ2) is 5.22. The molecule has 0 unspecified atom stereocenters. The van der Waals surface area contributed by atoms with Crippen LogP contribution >= 0.6 is 15.9 Å². The molecule has 1 amide bonds. The molecule has 94 valence electrons. The van der Waals surface area contributed by atoms with Crippen LogP contribution in [-0.2, 0) is 6.42 Å². The number of carbonyl (C=O) groups is 1. The van der Waals surface area contributed by atoms with Crippen LogP contribution in [0, 0.1) is 0 Å². The van der Waals surface area contributed by atoms with Gasteiger partial charge in [0.25, 0.3) is 5.91 Å². The molecule has 0 aliphatic rings. The molecule has 2 aromatic rings. The number of nitrogens with zero attached hydrogens (tertiary/aromatic N) is 1. The van der Waals surface area contributed by atoms with Crippen LogP contribution in [0.1, 0.15) is 22.8 Å². The van der Waals surface area contributed by atoms with E-state index in [0.717, 1.165) is 16.5 Å². The van der Waals surface area contributed by atoms with Gasteiger partial charge in [0.2, 0.25) is 0 Å². The lowest BCUT2D eigenvalue weighted by Gasteiger charge is -2.06. The summed E-state index contributed by atoms with van der Waals surface area (Å²) < 4.78 is 0.728. The summed E-state index contributed by atoms with van der Waals surface area (Å²) in [5, 5.41) is 18.9. The Balaban J connectivity index is 2.25. The molecule has 3 N–H and O–H groups in total. The summed E-state index contributed by atoms with van der Waals surface area (Å²) in [4.78, 5) is 12.0. The minimum Gasteiger partial charge on any atom is -0.507 e. The van der Waals surface area contributed by atoms with E-state index in [1.54, 1.807) is 18.3 Å². The summed E-state index contributed by atoms with van der Waals surface area (Å²) in [5.41, 5.74) is 1.12. The van der Waals surface area contributed by atoms with Gasteiger partial charge in [-0.1, -0.05) is 22.9 Å². The number of hydrogen-bond donors (Lipinski definition) is 3. The highest BCUT2D eigenvalue weighted by Gasteiger charge is 2.14. The maximum absolute atomic E-state index is 12.0. The predicted octanol–water partition coefficient (Wildman–Crippen LogP) is 2.69. The second-order valence-corrected chi connectivity index (χ2v) is 4.66. The quantitative estimate of drug-likeness (QED) is 0.815. The van der Waals surface area contributed by atoms with Crippen molar-refractivity contribution in [2.45, 2.75) is 13.3 Å². The number of phenolic OH excluding ortho intramolecular Hbond substituents is 1. The molecule has 0 saturated carbocycles. The van der Waals surface area contributed by atoms with Crippen LogP contribution < -0.4 is 5.32 Å². The normalized spacial score (nSPS) is 10.3. The summed E-state index contributed by atoms with van der Waals surface area (Å²) in [6.45, 7) is 1.97. The molecular weight excluding hydrogens is 298 g/mol. The van der Waals surface area contributed by atoms with E-state index in [-0.39, 0.29) is 17.2 Å². The lowest BCUT2D eigenvalue weighted by molar-refractivity contribution is 0.102. The van der Waals surface area contributed by atoms with E-state index < -0.39 is 0 Å². The van der Waals surface area contributed by atoms with Gasteiger partial charge in [-0.3, -0.25) is 9.89 Å². The zero-order chi connectivity index (χ0) is 13.1. The Bertz CT molecular complexity index is 580. The van der Waals surface area contributed by atoms with Crippen molar-refractivity contribution < 1.29 is 9.90 Å². The maximum atomic E-state index is 12.0. The number of rotatable bonds is 3. The van der Waals surface area contributed by atoms with Gasteiger partial charge < -0.3 is 10.4 Å². The monoisotopic (exact) mass is 309 g/mol. The van der Waals surface area contributed by atoms with Crippen molar-refractivity contribution in [3.8, 4) is 5.75 Å². The molecule has 0 fully saturated rings. The number of aromatic amines is 1. The van der Waals surface area contributed by atoms with Gasteiger partial charge in [-0.25, -0.2) is 0 Å². The number of carbonyl (C=O) groups excluding carboxylic acids is 1. The van der Waals surface area contributed by atoms with Crippen molar-refractivity contribution in [3.63, 3.8) is 0 Å². The first-order valence-corrected chi connectivity index (χ1v) is 6.23. The van der Waals surface area contributed by atoms with Gasteiger partial charge in [-0.15, -0.1) is 0 Å². The molecule has 1 aromatic heterocycles. The standard InChI is InChI=1S/C12H12BrN3O2/c1-2-7-6-14-16-11(7)15-12(18)9-5-8(13)3-4-10(9)17/h3-6,17H,2H2,1H3,(H2,14,15,16,18). The zero-order valence-electron chi connectivity index (χ0n) is 9.70. The number of hydrogen-bond acceptors (Lipinski definition) is 3. The van der Waals surface area contributed by atoms with Gasteiger partial charge in [-0.2, -0.15) is 5.10 Å². The second-order valence-electron chi connectivity index (χ2n) is 3.74. The minimum atomic E-state index is -0.382. The third kappa shape index (κ3) is 2.53. The van der Waals surface area contributed by atoms with E-state index in [1.165, 1.54) is 6.07 Å². The Hall–Kier alpha value is -1.82.